The lowest BCUT2D eigenvalue weighted by Gasteiger charge is -2.43. The molecule has 3 aliphatic rings. The molecule has 3 heterocycles. The summed E-state index contributed by atoms with van der Waals surface area (Å²) in [7, 11) is 0. The van der Waals surface area contributed by atoms with E-state index in [1.165, 1.54) is 18.4 Å². The fourth-order valence-electron chi connectivity index (χ4n) is 6.04. The van der Waals surface area contributed by atoms with Gasteiger partial charge in [-0.3, -0.25) is 14.5 Å². The highest BCUT2D eigenvalue weighted by molar-refractivity contribution is 5.78. The van der Waals surface area contributed by atoms with E-state index in [1.807, 2.05) is 30.3 Å². The zero-order chi connectivity index (χ0) is 28.0. The van der Waals surface area contributed by atoms with Gasteiger partial charge in [0.2, 0.25) is 0 Å². The normalized spacial score (nSPS) is 23.9. The number of para-hydroxylation sites is 1. The SMILES string of the molecule is O=C1COc2ccccc2C[C@H](O)[C@H](O)CC2(CCN(C(=O)COc3ccc(CN4CCCC4)cc3)CC2)CN1. The minimum absolute atomic E-state index is 0.0344. The molecule has 0 radical (unpaired) electrons. The van der Waals surface area contributed by atoms with Crippen molar-refractivity contribution in [3.8, 4) is 11.5 Å². The minimum atomic E-state index is -0.969. The van der Waals surface area contributed by atoms with Crippen LogP contribution in [0.5, 0.6) is 11.5 Å². The van der Waals surface area contributed by atoms with E-state index in [4.69, 9.17) is 9.47 Å². The molecule has 2 saturated heterocycles. The van der Waals surface area contributed by atoms with Crippen LogP contribution in [0.15, 0.2) is 48.5 Å². The average molecular weight is 552 g/mol. The van der Waals surface area contributed by atoms with Crippen LogP contribution >= 0.6 is 0 Å². The van der Waals surface area contributed by atoms with Gasteiger partial charge in [-0.15, -0.1) is 0 Å². The molecule has 1 spiro atoms. The van der Waals surface area contributed by atoms with Crippen LogP contribution in [0.4, 0.5) is 0 Å². The number of carbonyl (C=O) groups excluding carboxylic acids is 2. The second kappa shape index (κ2) is 13.0. The second-order valence-corrected chi connectivity index (χ2v) is 11.5. The lowest BCUT2D eigenvalue weighted by atomic mass is 9.73. The molecule has 0 aromatic heterocycles. The molecule has 0 aliphatic carbocycles. The van der Waals surface area contributed by atoms with E-state index < -0.39 is 17.6 Å². The first-order chi connectivity index (χ1) is 19.4. The van der Waals surface area contributed by atoms with E-state index in [0.29, 0.717) is 50.4 Å². The Balaban J connectivity index is 1.14. The summed E-state index contributed by atoms with van der Waals surface area (Å²) in [5, 5.41) is 24.7. The van der Waals surface area contributed by atoms with Crippen LogP contribution in [0.1, 0.15) is 43.2 Å². The molecule has 0 unspecified atom stereocenters. The molecule has 2 aromatic rings. The van der Waals surface area contributed by atoms with Crippen molar-refractivity contribution >= 4 is 11.8 Å². The van der Waals surface area contributed by atoms with Crippen molar-refractivity contribution in [2.45, 2.75) is 57.3 Å². The van der Waals surface area contributed by atoms with Gasteiger partial charge in [0.05, 0.1) is 12.2 Å². The number of benzene rings is 2. The first kappa shape index (κ1) is 28.4. The summed E-state index contributed by atoms with van der Waals surface area (Å²) in [5.41, 5.74) is 1.56. The predicted molar refractivity (Wildman–Crippen MR) is 150 cm³/mol. The zero-order valence-corrected chi connectivity index (χ0v) is 23.1. The standard InChI is InChI=1S/C31H41N3O6/c35-26-17-24-5-1-2-6-28(24)40-20-29(37)32-22-31(18-27(26)36)11-15-34(16-12-31)30(38)21-39-25-9-7-23(8-10-25)19-33-13-3-4-14-33/h1-2,5-10,26-27,35-36H,3-4,11-22H2,(H,32,37)/t26-,27+/m0/s1. The molecule has 2 atom stereocenters. The molecule has 3 N–H and O–H groups in total. The molecular weight excluding hydrogens is 510 g/mol. The van der Waals surface area contributed by atoms with Crippen molar-refractivity contribution < 1.29 is 29.3 Å². The number of aliphatic hydroxyl groups excluding tert-OH is 2. The van der Waals surface area contributed by atoms with Crippen LogP contribution in [0, 0.1) is 5.41 Å². The number of likely N-dealkylation sites (tertiary alicyclic amines) is 2. The van der Waals surface area contributed by atoms with E-state index in [-0.39, 0.29) is 31.4 Å². The van der Waals surface area contributed by atoms with Crippen molar-refractivity contribution in [2.75, 3.05) is 45.9 Å². The monoisotopic (exact) mass is 551 g/mol. The summed E-state index contributed by atoms with van der Waals surface area (Å²) in [6.45, 7) is 4.44. The third kappa shape index (κ3) is 7.33. The van der Waals surface area contributed by atoms with Crippen LogP contribution in [-0.2, 0) is 22.6 Å². The molecule has 40 heavy (non-hydrogen) atoms. The van der Waals surface area contributed by atoms with Gasteiger partial charge in [-0.25, -0.2) is 0 Å². The van der Waals surface area contributed by atoms with E-state index in [9.17, 15) is 19.8 Å². The summed E-state index contributed by atoms with van der Waals surface area (Å²) in [6.07, 6.45) is 2.37. The summed E-state index contributed by atoms with van der Waals surface area (Å²) < 4.78 is 11.5. The highest BCUT2D eigenvalue weighted by Gasteiger charge is 2.39. The maximum absolute atomic E-state index is 13.0. The van der Waals surface area contributed by atoms with Crippen molar-refractivity contribution in [3.05, 3.63) is 59.7 Å². The topological polar surface area (TPSA) is 112 Å². The van der Waals surface area contributed by atoms with Gasteiger partial charge in [0.15, 0.2) is 13.2 Å². The molecule has 2 fully saturated rings. The number of hydrogen-bond acceptors (Lipinski definition) is 7. The smallest absolute Gasteiger partial charge is 0.260 e. The molecule has 2 aromatic carbocycles. The molecule has 0 bridgehead atoms. The Morgan fingerprint density at radius 1 is 1.00 bits per heavy atom. The van der Waals surface area contributed by atoms with Gasteiger partial charge in [0.25, 0.3) is 11.8 Å². The van der Waals surface area contributed by atoms with E-state index in [1.54, 1.807) is 11.0 Å². The van der Waals surface area contributed by atoms with Gasteiger partial charge in [-0.05, 0) is 79.9 Å². The number of aliphatic hydroxyl groups is 2. The van der Waals surface area contributed by atoms with E-state index in [2.05, 4.69) is 22.3 Å². The van der Waals surface area contributed by atoms with E-state index >= 15 is 0 Å². The minimum Gasteiger partial charge on any atom is -0.484 e. The highest BCUT2D eigenvalue weighted by atomic mass is 16.5. The average Bonchev–Trinajstić information content (AvgIpc) is 3.48. The van der Waals surface area contributed by atoms with Crippen LogP contribution in [0.3, 0.4) is 0 Å². The fourth-order valence-corrected chi connectivity index (χ4v) is 6.04. The van der Waals surface area contributed by atoms with Gasteiger partial charge < -0.3 is 29.9 Å². The molecule has 2 amide bonds. The van der Waals surface area contributed by atoms with Crippen molar-refractivity contribution in [1.82, 2.24) is 15.1 Å². The Bertz CT molecular complexity index is 1140. The Labute approximate surface area is 236 Å². The molecule has 0 saturated carbocycles. The Kier molecular flexibility index (Phi) is 9.24. The number of nitrogens with one attached hydrogen (secondary N) is 1. The fraction of sp³-hybridized carbons (Fsp3) is 0.548. The molecule has 5 rings (SSSR count). The van der Waals surface area contributed by atoms with Crippen molar-refractivity contribution in [1.29, 1.82) is 0 Å². The summed E-state index contributed by atoms with van der Waals surface area (Å²) in [4.78, 5) is 29.7. The molecule has 216 valence electrons. The molecule has 9 heteroatoms. The van der Waals surface area contributed by atoms with Crippen LogP contribution < -0.4 is 14.8 Å². The molecule has 3 aliphatic heterocycles. The third-order valence-corrected chi connectivity index (χ3v) is 8.57. The van der Waals surface area contributed by atoms with Crippen molar-refractivity contribution in [3.63, 3.8) is 0 Å². The molecular formula is C31H41N3O6. The molecule has 9 nitrogen and oxygen atoms in total. The Morgan fingerprint density at radius 2 is 1.73 bits per heavy atom. The summed E-state index contributed by atoms with van der Waals surface area (Å²) >= 11 is 0. The third-order valence-electron chi connectivity index (χ3n) is 8.57. The van der Waals surface area contributed by atoms with Gasteiger partial charge in [0, 0.05) is 32.6 Å². The number of ether oxygens (including phenoxy) is 2. The summed E-state index contributed by atoms with van der Waals surface area (Å²) in [5.74, 6) is 0.892. The number of amides is 2. The largest absolute Gasteiger partial charge is 0.484 e. The van der Waals surface area contributed by atoms with Gasteiger partial charge in [-0.2, -0.15) is 0 Å². The number of carbonyl (C=O) groups is 2. The summed E-state index contributed by atoms with van der Waals surface area (Å²) in [6, 6.07) is 15.2. The van der Waals surface area contributed by atoms with Crippen LogP contribution in [-0.4, -0.2) is 90.0 Å². The van der Waals surface area contributed by atoms with Gasteiger partial charge in [0.1, 0.15) is 11.5 Å². The quantitative estimate of drug-likeness (QED) is 0.522. The van der Waals surface area contributed by atoms with Crippen LogP contribution in [0.25, 0.3) is 0 Å². The second-order valence-electron chi connectivity index (χ2n) is 11.5. The maximum atomic E-state index is 13.0. The first-order valence-electron chi connectivity index (χ1n) is 14.4. The van der Waals surface area contributed by atoms with Crippen LogP contribution in [0.2, 0.25) is 0 Å². The van der Waals surface area contributed by atoms with Gasteiger partial charge in [-0.1, -0.05) is 30.3 Å². The highest BCUT2D eigenvalue weighted by Crippen LogP contribution is 2.37. The Morgan fingerprint density at radius 3 is 2.48 bits per heavy atom. The first-order valence-corrected chi connectivity index (χ1v) is 14.4. The van der Waals surface area contributed by atoms with Gasteiger partial charge >= 0.3 is 0 Å². The van der Waals surface area contributed by atoms with E-state index in [0.717, 1.165) is 25.2 Å². The lowest BCUT2D eigenvalue weighted by molar-refractivity contribution is -0.137. The number of piperidine rings is 1. The number of fused-ring (bicyclic) bond motifs is 1. The maximum Gasteiger partial charge on any atom is 0.260 e. The van der Waals surface area contributed by atoms with Crippen molar-refractivity contribution in [2.24, 2.45) is 5.41 Å². The number of nitrogens with zero attached hydrogens (tertiary/aromatic N) is 2. The lowest BCUT2D eigenvalue weighted by Crippen LogP contribution is -2.51. The zero-order valence-electron chi connectivity index (χ0n) is 23.1. The Hall–Kier alpha value is -3.14. The predicted octanol–water partition coefficient (Wildman–Crippen LogP) is 2.13. The number of rotatable bonds is 5. The number of hydrogen-bond donors (Lipinski definition) is 3.